The van der Waals surface area contributed by atoms with Crippen LogP contribution in [-0.2, 0) is 16.0 Å². The van der Waals surface area contributed by atoms with Crippen LogP contribution < -0.4 is 5.32 Å². The highest BCUT2D eigenvalue weighted by Crippen LogP contribution is 2.37. The minimum atomic E-state index is 0.0443. The summed E-state index contributed by atoms with van der Waals surface area (Å²) < 4.78 is 0. The fraction of sp³-hybridized carbons (Fsp3) is 0.500. The maximum atomic E-state index is 12.6. The third kappa shape index (κ3) is 2.92. The van der Waals surface area contributed by atoms with E-state index >= 15 is 0 Å². The summed E-state index contributed by atoms with van der Waals surface area (Å²) in [6, 6.07) is 8.36. The molecular formula is C20H25N3O2. The van der Waals surface area contributed by atoms with E-state index in [4.69, 9.17) is 0 Å². The van der Waals surface area contributed by atoms with Gasteiger partial charge in [-0.05, 0) is 37.3 Å². The molecule has 1 fully saturated rings. The van der Waals surface area contributed by atoms with E-state index in [0.717, 1.165) is 30.6 Å². The minimum absolute atomic E-state index is 0.0443. The summed E-state index contributed by atoms with van der Waals surface area (Å²) in [6.45, 7) is 5.34. The normalized spacial score (nSPS) is 24.9. The van der Waals surface area contributed by atoms with Crippen molar-refractivity contribution in [3.63, 3.8) is 0 Å². The smallest absolute Gasteiger partial charge is 0.224 e. The quantitative estimate of drug-likeness (QED) is 0.899. The Morgan fingerprint density at radius 2 is 2.04 bits per heavy atom. The van der Waals surface area contributed by atoms with Crippen LogP contribution in [-0.4, -0.2) is 34.8 Å². The molecule has 5 nitrogen and oxygen atoms in total. The van der Waals surface area contributed by atoms with Crippen LogP contribution in [0.25, 0.3) is 10.9 Å². The summed E-state index contributed by atoms with van der Waals surface area (Å²) in [6.07, 6.45) is 2.22. The molecule has 1 aliphatic heterocycles. The number of aromatic nitrogens is 1. The van der Waals surface area contributed by atoms with Gasteiger partial charge in [-0.25, -0.2) is 0 Å². The van der Waals surface area contributed by atoms with E-state index in [9.17, 15) is 9.59 Å². The fourth-order valence-corrected chi connectivity index (χ4v) is 4.02. The Labute approximate surface area is 147 Å². The highest BCUT2D eigenvalue weighted by Gasteiger charge is 2.39. The summed E-state index contributed by atoms with van der Waals surface area (Å²) in [5.41, 5.74) is 3.62. The van der Waals surface area contributed by atoms with E-state index in [1.807, 2.05) is 11.0 Å². The molecule has 0 radical (unpaired) electrons. The molecule has 25 heavy (non-hydrogen) atoms. The van der Waals surface area contributed by atoms with Gasteiger partial charge in [0.25, 0.3) is 0 Å². The molecule has 2 N–H and O–H groups in total. The summed E-state index contributed by atoms with van der Waals surface area (Å²) in [5, 5.41) is 4.17. The van der Waals surface area contributed by atoms with Gasteiger partial charge in [0.05, 0.1) is 6.04 Å². The van der Waals surface area contributed by atoms with Gasteiger partial charge >= 0.3 is 0 Å². The number of amides is 2. The summed E-state index contributed by atoms with van der Waals surface area (Å²) in [7, 11) is 0. The number of rotatable bonds is 4. The number of H-pyrrole nitrogens is 1. The number of carbonyl (C=O) groups is 2. The first-order chi connectivity index (χ1) is 12.1. The Balaban J connectivity index is 1.39. The monoisotopic (exact) mass is 339 g/mol. The molecule has 0 spiro atoms. The molecular weight excluding hydrogens is 314 g/mol. The van der Waals surface area contributed by atoms with Crippen LogP contribution in [0.5, 0.6) is 0 Å². The zero-order chi connectivity index (χ0) is 17.6. The van der Waals surface area contributed by atoms with Gasteiger partial charge in [0.15, 0.2) is 0 Å². The SMILES string of the molecule is C[C@@H]1C[C@H]1C(=O)NCCC(=O)N1CCc2c([nH]c3ccccc23)[C@H]1C. The van der Waals surface area contributed by atoms with E-state index in [2.05, 4.69) is 42.3 Å². The average molecular weight is 339 g/mol. The molecule has 132 valence electrons. The van der Waals surface area contributed by atoms with Crippen molar-refractivity contribution >= 4 is 22.7 Å². The Bertz CT molecular complexity index is 825. The molecule has 1 saturated carbocycles. The van der Waals surface area contributed by atoms with Crippen molar-refractivity contribution in [1.82, 2.24) is 15.2 Å². The lowest BCUT2D eigenvalue weighted by Gasteiger charge is -2.33. The number of nitrogens with one attached hydrogen (secondary N) is 2. The number of nitrogens with zero attached hydrogens (tertiary/aromatic N) is 1. The summed E-state index contributed by atoms with van der Waals surface area (Å²) >= 11 is 0. The molecule has 1 aromatic heterocycles. The van der Waals surface area contributed by atoms with Crippen LogP contribution in [0, 0.1) is 11.8 Å². The Kier molecular flexibility index (Phi) is 4.02. The fourth-order valence-electron chi connectivity index (χ4n) is 4.02. The molecule has 1 aromatic carbocycles. The molecule has 4 rings (SSSR count). The molecule has 2 aromatic rings. The lowest BCUT2D eigenvalue weighted by molar-refractivity contribution is -0.133. The molecule has 0 unspecified atom stereocenters. The lowest BCUT2D eigenvalue weighted by Crippen LogP contribution is -2.40. The Morgan fingerprint density at radius 3 is 2.80 bits per heavy atom. The number of carbonyl (C=O) groups excluding carboxylic acids is 2. The van der Waals surface area contributed by atoms with E-state index in [-0.39, 0.29) is 23.8 Å². The van der Waals surface area contributed by atoms with Crippen molar-refractivity contribution in [2.45, 2.75) is 39.2 Å². The second-order valence-electron chi connectivity index (χ2n) is 7.44. The predicted octanol–water partition coefficient (Wildman–Crippen LogP) is 2.78. The van der Waals surface area contributed by atoms with Crippen LogP contribution in [0.1, 0.15) is 44.0 Å². The number of hydrogen-bond acceptors (Lipinski definition) is 2. The third-order valence-electron chi connectivity index (χ3n) is 5.74. The number of aromatic amines is 1. The first kappa shape index (κ1) is 16.2. The Morgan fingerprint density at radius 1 is 1.28 bits per heavy atom. The standard InChI is InChI=1S/C20H25N3O2/c1-12-11-16(12)20(25)21-9-7-18(24)23-10-8-15-14-5-3-4-6-17(14)22-19(15)13(23)2/h3-6,12-13,16,22H,7-11H2,1-2H3,(H,21,25)/t12-,13-,16-/m1/s1. The maximum absolute atomic E-state index is 12.6. The summed E-state index contributed by atoms with van der Waals surface area (Å²) in [5.74, 6) is 0.877. The van der Waals surface area contributed by atoms with Crippen molar-refractivity contribution in [3.8, 4) is 0 Å². The van der Waals surface area contributed by atoms with Gasteiger partial charge in [0.2, 0.25) is 11.8 Å². The summed E-state index contributed by atoms with van der Waals surface area (Å²) in [4.78, 5) is 29.9. The van der Waals surface area contributed by atoms with Gasteiger partial charge < -0.3 is 15.2 Å². The predicted molar refractivity (Wildman–Crippen MR) is 97.0 cm³/mol. The van der Waals surface area contributed by atoms with Gasteiger partial charge in [-0.2, -0.15) is 0 Å². The topological polar surface area (TPSA) is 65.2 Å². The molecule has 0 bridgehead atoms. The molecule has 0 saturated heterocycles. The van der Waals surface area contributed by atoms with Gasteiger partial charge in [0.1, 0.15) is 0 Å². The first-order valence-corrected chi connectivity index (χ1v) is 9.23. The molecule has 2 aliphatic rings. The zero-order valence-electron chi connectivity index (χ0n) is 14.8. The lowest BCUT2D eigenvalue weighted by atomic mass is 9.98. The van der Waals surface area contributed by atoms with Crippen LogP contribution in [0.3, 0.4) is 0 Å². The van der Waals surface area contributed by atoms with Crippen molar-refractivity contribution in [2.75, 3.05) is 13.1 Å². The van der Waals surface area contributed by atoms with Gasteiger partial charge in [0, 0.05) is 42.0 Å². The van der Waals surface area contributed by atoms with Crippen LogP contribution in [0.15, 0.2) is 24.3 Å². The van der Waals surface area contributed by atoms with E-state index in [0.29, 0.717) is 18.9 Å². The van der Waals surface area contributed by atoms with E-state index < -0.39 is 0 Å². The zero-order valence-corrected chi connectivity index (χ0v) is 14.8. The van der Waals surface area contributed by atoms with Gasteiger partial charge in [-0.3, -0.25) is 9.59 Å². The van der Waals surface area contributed by atoms with Crippen LogP contribution >= 0.6 is 0 Å². The van der Waals surface area contributed by atoms with Crippen molar-refractivity contribution in [1.29, 1.82) is 0 Å². The highest BCUT2D eigenvalue weighted by atomic mass is 16.2. The second-order valence-corrected chi connectivity index (χ2v) is 7.44. The molecule has 5 heteroatoms. The number of fused-ring (bicyclic) bond motifs is 3. The molecule has 2 amide bonds. The molecule has 2 heterocycles. The number of hydrogen-bond donors (Lipinski definition) is 2. The maximum Gasteiger partial charge on any atom is 0.224 e. The van der Waals surface area contributed by atoms with Crippen molar-refractivity contribution in [3.05, 3.63) is 35.5 Å². The largest absolute Gasteiger partial charge is 0.356 e. The average Bonchev–Trinajstić information content (AvgIpc) is 3.21. The second kappa shape index (κ2) is 6.21. The van der Waals surface area contributed by atoms with Gasteiger partial charge in [-0.15, -0.1) is 0 Å². The van der Waals surface area contributed by atoms with E-state index in [1.54, 1.807) is 0 Å². The van der Waals surface area contributed by atoms with Crippen molar-refractivity contribution < 1.29 is 9.59 Å². The number of benzene rings is 1. The van der Waals surface area contributed by atoms with Crippen LogP contribution in [0.2, 0.25) is 0 Å². The van der Waals surface area contributed by atoms with E-state index in [1.165, 1.54) is 10.9 Å². The highest BCUT2D eigenvalue weighted by molar-refractivity contribution is 5.86. The number of para-hydroxylation sites is 1. The van der Waals surface area contributed by atoms with Crippen molar-refractivity contribution in [2.24, 2.45) is 11.8 Å². The van der Waals surface area contributed by atoms with Gasteiger partial charge in [-0.1, -0.05) is 25.1 Å². The Hall–Kier alpha value is -2.30. The molecule has 1 aliphatic carbocycles. The first-order valence-electron chi connectivity index (χ1n) is 9.23. The third-order valence-corrected chi connectivity index (χ3v) is 5.74. The molecule has 3 atom stereocenters. The minimum Gasteiger partial charge on any atom is -0.356 e. The van der Waals surface area contributed by atoms with Crippen LogP contribution in [0.4, 0.5) is 0 Å².